The van der Waals surface area contributed by atoms with E-state index in [1.807, 2.05) is 23.1 Å². The minimum atomic E-state index is 0.134. The summed E-state index contributed by atoms with van der Waals surface area (Å²) >= 11 is 0. The summed E-state index contributed by atoms with van der Waals surface area (Å²) in [5.74, 6) is 1.89. The molecule has 1 atom stereocenters. The van der Waals surface area contributed by atoms with Crippen LogP contribution in [0.15, 0.2) is 48.5 Å². The highest BCUT2D eigenvalue weighted by atomic mass is 16.2. The third-order valence-corrected chi connectivity index (χ3v) is 5.07. The number of amides is 1. The predicted octanol–water partition coefficient (Wildman–Crippen LogP) is 4.52. The van der Waals surface area contributed by atoms with E-state index in [0.29, 0.717) is 18.9 Å². The molecule has 0 N–H and O–H groups in total. The number of carbonyl (C=O) groups excluding carboxylic acids is 1. The SMILES string of the molecule is Cc1ccc(N2CC(c3nc4ccccc4n3CC(C)C)CC2=O)cc1. The maximum absolute atomic E-state index is 12.7. The summed E-state index contributed by atoms with van der Waals surface area (Å²) in [6.45, 7) is 8.12. The number of fused-ring (bicyclic) bond motifs is 1. The molecule has 1 aliphatic rings. The first-order valence-corrected chi connectivity index (χ1v) is 9.35. The van der Waals surface area contributed by atoms with Crippen molar-refractivity contribution in [2.24, 2.45) is 5.92 Å². The van der Waals surface area contributed by atoms with Gasteiger partial charge in [0.15, 0.2) is 0 Å². The first kappa shape index (κ1) is 16.8. The Morgan fingerprint density at radius 3 is 2.58 bits per heavy atom. The second-order valence-corrected chi connectivity index (χ2v) is 7.70. The van der Waals surface area contributed by atoms with E-state index in [1.54, 1.807) is 0 Å². The van der Waals surface area contributed by atoms with Crippen LogP contribution in [0.2, 0.25) is 0 Å². The molecule has 4 rings (SSSR count). The van der Waals surface area contributed by atoms with Gasteiger partial charge >= 0.3 is 0 Å². The third kappa shape index (κ3) is 3.00. The maximum atomic E-state index is 12.7. The van der Waals surface area contributed by atoms with Gasteiger partial charge in [-0.2, -0.15) is 0 Å². The van der Waals surface area contributed by atoms with Gasteiger partial charge in [-0.25, -0.2) is 4.98 Å². The van der Waals surface area contributed by atoms with Crippen LogP contribution in [0.5, 0.6) is 0 Å². The molecule has 1 aromatic heterocycles. The summed E-state index contributed by atoms with van der Waals surface area (Å²) in [6.07, 6.45) is 0.523. The summed E-state index contributed by atoms with van der Waals surface area (Å²) < 4.78 is 2.32. The summed E-state index contributed by atoms with van der Waals surface area (Å²) in [6, 6.07) is 16.5. The number of imidazole rings is 1. The number of hydrogen-bond donors (Lipinski definition) is 0. The predicted molar refractivity (Wildman–Crippen MR) is 105 cm³/mol. The Morgan fingerprint density at radius 2 is 1.85 bits per heavy atom. The Morgan fingerprint density at radius 1 is 1.12 bits per heavy atom. The summed E-state index contributed by atoms with van der Waals surface area (Å²) in [4.78, 5) is 19.5. The molecular formula is C22H25N3O. The molecule has 4 heteroatoms. The first-order valence-electron chi connectivity index (χ1n) is 9.35. The van der Waals surface area contributed by atoms with E-state index in [2.05, 4.69) is 55.7 Å². The molecule has 1 amide bonds. The third-order valence-electron chi connectivity index (χ3n) is 5.07. The van der Waals surface area contributed by atoms with Crippen molar-refractivity contribution in [2.45, 2.75) is 39.7 Å². The van der Waals surface area contributed by atoms with Crippen molar-refractivity contribution in [1.29, 1.82) is 0 Å². The molecule has 0 saturated carbocycles. The number of aryl methyl sites for hydroxylation is 1. The van der Waals surface area contributed by atoms with E-state index in [0.717, 1.165) is 29.1 Å². The number of para-hydroxylation sites is 2. The zero-order valence-corrected chi connectivity index (χ0v) is 15.6. The minimum absolute atomic E-state index is 0.134. The van der Waals surface area contributed by atoms with E-state index >= 15 is 0 Å². The zero-order chi connectivity index (χ0) is 18.3. The van der Waals surface area contributed by atoms with Gasteiger partial charge in [-0.3, -0.25) is 4.79 Å². The zero-order valence-electron chi connectivity index (χ0n) is 15.6. The highest BCUT2D eigenvalue weighted by molar-refractivity contribution is 5.96. The lowest BCUT2D eigenvalue weighted by atomic mass is 10.1. The Hall–Kier alpha value is -2.62. The van der Waals surface area contributed by atoms with Gasteiger partial charge in [0.2, 0.25) is 5.91 Å². The molecule has 1 fully saturated rings. The normalized spacial score (nSPS) is 17.6. The molecular weight excluding hydrogens is 322 g/mol. The Labute approximate surface area is 154 Å². The largest absolute Gasteiger partial charge is 0.327 e. The average molecular weight is 347 g/mol. The standard InChI is InChI=1S/C22H25N3O/c1-15(2)13-25-20-7-5-4-6-19(20)23-22(25)17-12-21(26)24(14-17)18-10-8-16(3)9-11-18/h4-11,15,17H,12-14H2,1-3H3. The quantitative estimate of drug-likeness (QED) is 0.696. The van der Waals surface area contributed by atoms with Gasteiger partial charge < -0.3 is 9.47 Å². The van der Waals surface area contributed by atoms with Crippen LogP contribution in [0.25, 0.3) is 11.0 Å². The van der Waals surface area contributed by atoms with Gasteiger partial charge in [-0.15, -0.1) is 0 Å². The topological polar surface area (TPSA) is 38.1 Å². The Balaban J connectivity index is 1.69. The molecule has 1 aliphatic heterocycles. The highest BCUT2D eigenvalue weighted by Crippen LogP contribution is 2.33. The maximum Gasteiger partial charge on any atom is 0.227 e. The average Bonchev–Trinajstić information content (AvgIpc) is 3.16. The molecule has 4 nitrogen and oxygen atoms in total. The number of carbonyl (C=O) groups is 1. The molecule has 0 radical (unpaired) electrons. The van der Waals surface area contributed by atoms with E-state index in [9.17, 15) is 4.79 Å². The van der Waals surface area contributed by atoms with Crippen LogP contribution in [0, 0.1) is 12.8 Å². The molecule has 2 heterocycles. The molecule has 0 aliphatic carbocycles. The number of hydrogen-bond acceptors (Lipinski definition) is 2. The van der Waals surface area contributed by atoms with Crippen molar-refractivity contribution in [3.8, 4) is 0 Å². The lowest BCUT2D eigenvalue weighted by molar-refractivity contribution is -0.117. The minimum Gasteiger partial charge on any atom is -0.327 e. The van der Waals surface area contributed by atoms with Crippen LogP contribution in [-0.2, 0) is 11.3 Å². The van der Waals surface area contributed by atoms with Gasteiger partial charge in [0.1, 0.15) is 5.82 Å². The number of anilines is 1. The van der Waals surface area contributed by atoms with Crippen molar-refractivity contribution in [3.63, 3.8) is 0 Å². The number of benzene rings is 2. The molecule has 1 saturated heterocycles. The van der Waals surface area contributed by atoms with Crippen LogP contribution >= 0.6 is 0 Å². The van der Waals surface area contributed by atoms with Crippen LogP contribution in [0.4, 0.5) is 5.69 Å². The van der Waals surface area contributed by atoms with Crippen molar-refractivity contribution in [1.82, 2.24) is 9.55 Å². The van der Waals surface area contributed by atoms with Crippen LogP contribution in [0.3, 0.4) is 0 Å². The fourth-order valence-corrected chi connectivity index (χ4v) is 3.82. The molecule has 2 aromatic carbocycles. The molecule has 1 unspecified atom stereocenters. The number of nitrogens with zero attached hydrogens (tertiary/aromatic N) is 3. The van der Waals surface area contributed by atoms with Crippen molar-refractivity contribution >= 4 is 22.6 Å². The van der Waals surface area contributed by atoms with E-state index < -0.39 is 0 Å². The Bertz CT molecular complexity index is 940. The summed E-state index contributed by atoms with van der Waals surface area (Å²) in [7, 11) is 0. The van der Waals surface area contributed by atoms with Gasteiger partial charge in [0.25, 0.3) is 0 Å². The molecule has 134 valence electrons. The fraction of sp³-hybridized carbons (Fsp3) is 0.364. The summed E-state index contributed by atoms with van der Waals surface area (Å²) in [5.41, 5.74) is 4.37. The van der Waals surface area contributed by atoms with E-state index in [-0.39, 0.29) is 11.8 Å². The summed E-state index contributed by atoms with van der Waals surface area (Å²) in [5, 5.41) is 0. The van der Waals surface area contributed by atoms with Crippen molar-refractivity contribution < 1.29 is 4.79 Å². The van der Waals surface area contributed by atoms with Gasteiger partial charge in [-0.05, 0) is 37.1 Å². The van der Waals surface area contributed by atoms with Crippen molar-refractivity contribution in [3.05, 3.63) is 59.9 Å². The van der Waals surface area contributed by atoms with Crippen molar-refractivity contribution in [2.75, 3.05) is 11.4 Å². The Kier molecular flexibility index (Phi) is 4.27. The first-order chi connectivity index (χ1) is 12.5. The van der Waals surface area contributed by atoms with Gasteiger partial charge in [0.05, 0.1) is 11.0 Å². The lowest BCUT2D eigenvalue weighted by Gasteiger charge is -2.18. The lowest BCUT2D eigenvalue weighted by Crippen LogP contribution is -2.24. The monoisotopic (exact) mass is 347 g/mol. The number of rotatable bonds is 4. The number of aromatic nitrogens is 2. The molecule has 0 bridgehead atoms. The van der Waals surface area contributed by atoms with Gasteiger partial charge in [0, 0.05) is 31.1 Å². The second-order valence-electron chi connectivity index (χ2n) is 7.70. The fourth-order valence-electron chi connectivity index (χ4n) is 3.82. The second kappa shape index (κ2) is 6.60. The smallest absolute Gasteiger partial charge is 0.227 e. The van der Waals surface area contributed by atoms with Crippen LogP contribution in [-0.4, -0.2) is 22.0 Å². The van der Waals surface area contributed by atoms with Crippen LogP contribution in [0.1, 0.15) is 37.6 Å². The molecule has 26 heavy (non-hydrogen) atoms. The highest BCUT2D eigenvalue weighted by Gasteiger charge is 2.34. The molecule has 0 spiro atoms. The van der Waals surface area contributed by atoms with E-state index in [1.165, 1.54) is 5.56 Å². The molecule has 3 aromatic rings. The van der Waals surface area contributed by atoms with Crippen LogP contribution < -0.4 is 4.90 Å². The van der Waals surface area contributed by atoms with Gasteiger partial charge in [-0.1, -0.05) is 43.7 Å². The van der Waals surface area contributed by atoms with E-state index in [4.69, 9.17) is 4.98 Å².